The zero-order chi connectivity index (χ0) is 18.7. The van der Waals surface area contributed by atoms with Gasteiger partial charge >= 0.3 is 5.97 Å². The van der Waals surface area contributed by atoms with E-state index in [0.29, 0.717) is 16.3 Å². The first-order chi connectivity index (χ1) is 11.7. The molecule has 0 fully saturated rings. The number of aromatic nitrogens is 2. The molecule has 2 rings (SSSR count). The molecular formula is C17H21N3O4S. The molecule has 25 heavy (non-hydrogen) atoms. The molecule has 1 N–H and O–H groups in total. The smallest absolute Gasteiger partial charge is 0.340 e. The summed E-state index contributed by atoms with van der Waals surface area (Å²) < 4.78 is 18.6. The topological polar surface area (TPSA) is 90.3 Å². The minimum atomic E-state index is -1.33. The van der Waals surface area contributed by atoms with E-state index in [1.807, 2.05) is 6.92 Å². The van der Waals surface area contributed by atoms with Crippen molar-refractivity contribution in [2.24, 2.45) is 7.05 Å². The van der Waals surface area contributed by atoms with Crippen LogP contribution in [0.4, 0.5) is 5.69 Å². The summed E-state index contributed by atoms with van der Waals surface area (Å²) in [6, 6.07) is 6.47. The SMILES string of the molecule is Cc1nn(C)c(C)c1NC(=O)[C@@H](C)OC(=O)c1ccccc1[S@](C)=O. The second-order valence-electron chi connectivity index (χ2n) is 5.66. The highest BCUT2D eigenvalue weighted by Crippen LogP contribution is 2.19. The van der Waals surface area contributed by atoms with Crippen LogP contribution in [0, 0.1) is 13.8 Å². The van der Waals surface area contributed by atoms with Gasteiger partial charge in [-0.2, -0.15) is 5.10 Å². The maximum atomic E-state index is 12.3. The number of benzene rings is 1. The zero-order valence-electron chi connectivity index (χ0n) is 14.8. The van der Waals surface area contributed by atoms with Crippen molar-refractivity contribution >= 4 is 28.4 Å². The van der Waals surface area contributed by atoms with Gasteiger partial charge in [0.2, 0.25) is 0 Å². The number of anilines is 1. The van der Waals surface area contributed by atoms with Crippen molar-refractivity contribution < 1.29 is 18.5 Å². The summed E-state index contributed by atoms with van der Waals surface area (Å²) in [6.07, 6.45) is 0.473. The van der Waals surface area contributed by atoms with Crippen LogP contribution in [-0.2, 0) is 27.4 Å². The van der Waals surface area contributed by atoms with Gasteiger partial charge in [-0.3, -0.25) is 13.7 Å². The molecule has 0 bridgehead atoms. The standard InChI is InChI=1S/C17H21N3O4S/c1-10-15(11(2)20(4)19-10)18-16(21)12(3)24-17(22)13-8-6-7-9-14(13)25(5)23/h6-9,12H,1-5H3,(H,18,21)/t12-,25+/m1/s1. The fraction of sp³-hybridized carbons (Fsp3) is 0.353. The van der Waals surface area contributed by atoms with E-state index < -0.39 is 28.8 Å². The highest BCUT2D eigenvalue weighted by Gasteiger charge is 2.23. The third kappa shape index (κ3) is 4.14. The molecule has 0 saturated carbocycles. The van der Waals surface area contributed by atoms with E-state index >= 15 is 0 Å². The summed E-state index contributed by atoms with van der Waals surface area (Å²) in [4.78, 5) is 25.0. The van der Waals surface area contributed by atoms with E-state index in [0.717, 1.165) is 5.69 Å². The number of nitrogens with zero attached hydrogens (tertiary/aromatic N) is 2. The first kappa shape index (κ1) is 18.9. The minimum absolute atomic E-state index is 0.191. The Morgan fingerprint density at radius 2 is 1.92 bits per heavy atom. The van der Waals surface area contributed by atoms with Crippen LogP contribution in [-0.4, -0.2) is 38.2 Å². The first-order valence-corrected chi connectivity index (χ1v) is 9.22. The maximum absolute atomic E-state index is 12.3. The van der Waals surface area contributed by atoms with Crippen molar-refractivity contribution in [3.63, 3.8) is 0 Å². The molecule has 0 saturated heterocycles. The van der Waals surface area contributed by atoms with Crippen molar-refractivity contribution in [3.8, 4) is 0 Å². The van der Waals surface area contributed by atoms with Crippen LogP contribution in [0.2, 0.25) is 0 Å². The van der Waals surface area contributed by atoms with E-state index in [9.17, 15) is 13.8 Å². The lowest BCUT2D eigenvalue weighted by Crippen LogP contribution is -2.30. The highest BCUT2D eigenvalue weighted by molar-refractivity contribution is 7.84. The van der Waals surface area contributed by atoms with Gasteiger partial charge in [0.15, 0.2) is 6.10 Å². The van der Waals surface area contributed by atoms with Crippen LogP contribution in [0.15, 0.2) is 29.2 Å². The van der Waals surface area contributed by atoms with Gasteiger partial charge < -0.3 is 10.1 Å². The van der Waals surface area contributed by atoms with Crippen molar-refractivity contribution in [1.29, 1.82) is 0 Å². The predicted molar refractivity (Wildman–Crippen MR) is 95.0 cm³/mol. The molecule has 8 heteroatoms. The van der Waals surface area contributed by atoms with Gasteiger partial charge in [-0.1, -0.05) is 12.1 Å². The number of carbonyl (C=O) groups is 2. The molecule has 0 aliphatic heterocycles. The normalized spacial score (nSPS) is 13.2. The number of carbonyl (C=O) groups excluding carboxylic acids is 2. The number of hydrogen-bond donors (Lipinski definition) is 1. The van der Waals surface area contributed by atoms with Crippen molar-refractivity contribution in [1.82, 2.24) is 9.78 Å². The largest absolute Gasteiger partial charge is 0.449 e. The van der Waals surface area contributed by atoms with Gasteiger partial charge in [-0.25, -0.2) is 4.79 Å². The number of esters is 1. The Bertz CT molecular complexity index is 844. The lowest BCUT2D eigenvalue weighted by molar-refractivity contribution is -0.123. The van der Waals surface area contributed by atoms with Crippen LogP contribution >= 0.6 is 0 Å². The van der Waals surface area contributed by atoms with Crippen LogP contribution in [0.3, 0.4) is 0 Å². The average molecular weight is 363 g/mol. The summed E-state index contributed by atoms with van der Waals surface area (Å²) in [5.41, 5.74) is 2.27. The number of ether oxygens (including phenoxy) is 1. The molecule has 134 valence electrons. The summed E-state index contributed by atoms with van der Waals surface area (Å²) >= 11 is 0. The lowest BCUT2D eigenvalue weighted by atomic mass is 10.2. The Kier molecular flexibility index (Phi) is 5.73. The molecule has 1 aromatic heterocycles. The second-order valence-corrected chi connectivity index (χ2v) is 7.00. The Hall–Kier alpha value is -2.48. The van der Waals surface area contributed by atoms with E-state index in [4.69, 9.17) is 4.74 Å². The first-order valence-electron chi connectivity index (χ1n) is 7.66. The van der Waals surface area contributed by atoms with Gasteiger partial charge in [0.05, 0.1) is 38.3 Å². The third-order valence-electron chi connectivity index (χ3n) is 3.83. The minimum Gasteiger partial charge on any atom is -0.449 e. The maximum Gasteiger partial charge on any atom is 0.340 e. The predicted octanol–water partition coefficient (Wildman–Crippen LogP) is 1.96. The van der Waals surface area contributed by atoms with Crippen molar-refractivity contribution in [2.45, 2.75) is 31.8 Å². The van der Waals surface area contributed by atoms with E-state index in [1.54, 1.807) is 36.9 Å². The molecule has 0 radical (unpaired) electrons. The van der Waals surface area contributed by atoms with Crippen LogP contribution in [0.1, 0.15) is 28.7 Å². The second kappa shape index (κ2) is 7.60. The summed E-state index contributed by atoms with van der Waals surface area (Å²) in [6.45, 7) is 5.10. The quantitative estimate of drug-likeness (QED) is 0.820. The van der Waals surface area contributed by atoms with E-state index in [-0.39, 0.29) is 5.56 Å². The van der Waals surface area contributed by atoms with Crippen LogP contribution in [0.5, 0.6) is 0 Å². The number of rotatable bonds is 5. The van der Waals surface area contributed by atoms with E-state index in [2.05, 4.69) is 10.4 Å². The number of aryl methyl sites for hydroxylation is 2. The fourth-order valence-corrected chi connectivity index (χ4v) is 3.07. The summed E-state index contributed by atoms with van der Waals surface area (Å²) in [7, 11) is 0.447. The Morgan fingerprint density at radius 1 is 1.28 bits per heavy atom. The molecule has 2 atom stereocenters. The number of hydrogen-bond acceptors (Lipinski definition) is 5. The molecule has 0 aliphatic rings. The molecule has 1 heterocycles. The Balaban J connectivity index is 2.11. The van der Waals surface area contributed by atoms with Gasteiger partial charge in [0, 0.05) is 13.3 Å². The van der Waals surface area contributed by atoms with Crippen LogP contribution in [0.25, 0.3) is 0 Å². The van der Waals surface area contributed by atoms with E-state index in [1.165, 1.54) is 19.2 Å². The molecule has 0 aliphatic carbocycles. The Labute approximate surface area is 148 Å². The third-order valence-corrected chi connectivity index (χ3v) is 4.80. The molecule has 1 amide bonds. The highest BCUT2D eigenvalue weighted by atomic mass is 32.2. The van der Waals surface area contributed by atoms with Crippen molar-refractivity contribution in [2.75, 3.05) is 11.6 Å². The van der Waals surface area contributed by atoms with Gasteiger partial charge in [0.25, 0.3) is 5.91 Å². The molecule has 7 nitrogen and oxygen atoms in total. The van der Waals surface area contributed by atoms with Gasteiger partial charge in [0.1, 0.15) is 0 Å². The molecule has 2 aromatic rings. The summed E-state index contributed by atoms with van der Waals surface area (Å²) in [5, 5.41) is 6.96. The zero-order valence-corrected chi connectivity index (χ0v) is 15.6. The average Bonchev–Trinajstić information content (AvgIpc) is 2.80. The molecule has 0 unspecified atom stereocenters. The van der Waals surface area contributed by atoms with Crippen LogP contribution < -0.4 is 5.32 Å². The number of amides is 1. The lowest BCUT2D eigenvalue weighted by Gasteiger charge is -2.14. The number of nitrogens with one attached hydrogen (secondary N) is 1. The molecular weight excluding hydrogens is 342 g/mol. The van der Waals surface area contributed by atoms with Crippen molar-refractivity contribution in [3.05, 3.63) is 41.2 Å². The Morgan fingerprint density at radius 3 is 2.48 bits per heavy atom. The van der Waals surface area contributed by atoms with Gasteiger partial charge in [-0.05, 0) is 32.9 Å². The van der Waals surface area contributed by atoms with Gasteiger partial charge in [-0.15, -0.1) is 0 Å². The molecule has 0 spiro atoms. The fourth-order valence-electron chi connectivity index (χ4n) is 2.34. The summed E-state index contributed by atoms with van der Waals surface area (Å²) in [5.74, 6) is -1.14. The molecule has 1 aromatic carbocycles. The monoisotopic (exact) mass is 363 g/mol.